The molecule has 0 saturated heterocycles. The molecule has 0 aliphatic rings. The fourth-order valence-corrected chi connectivity index (χ4v) is 2.68. The highest BCUT2D eigenvalue weighted by Crippen LogP contribution is 2.30. The third-order valence-corrected chi connectivity index (χ3v) is 4.32. The van der Waals surface area contributed by atoms with Crippen molar-refractivity contribution in [3.8, 4) is 0 Å². The number of aromatic nitrogens is 4. The third kappa shape index (κ3) is 5.06. The van der Waals surface area contributed by atoms with Crippen molar-refractivity contribution >= 4 is 27.5 Å². The number of tetrazole rings is 1. The molecule has 1 atom stereocenters. The highest BCUT2D eigenvalue weighted by atomic mass is 79.9. The highest BCUT2D eigenvalue weighted by molar-refractivity contribution is 9.10. The quantitative estimate of drug-likeness (QED) is 0.531. The molecule has 3 rings (SSSR count). The van der Waals surface area contributed by atoms with Crippen LogP contribution in [0, 0.1) is 0 Å². The SMILES string of the molecule is O=C(CNc1ccc(Br)cc1)NC(c1ccc(C(F)(F)F)cc1)c1nn[nH]n1. The van der Waals surface area contributed by atoms with Gasteiger partial charge in [-0.3, -0.25) is 4.79 Å². The van der Waals surface area contributed by atoms with Crippen LogP contribution in [0.1, 0.15) is 23.0 Å². The maximum Gasteiger partial charge on any atom is 0.416 e. The van der Waals surface area contributed by atoms with Crippen molar-refractivity contribution in [1.82, 2.24) is 25.9 Å². The Morgan fingerprint density at radius 2 is 1.79 bits per heavy atom. The summed E-state index contributed by atoms with van der Waals surface area (Å²) in [5, 5.41) is 19.0. The minimum atomic E-state index is -4.45. The summed E-state index contributed by atoms with van der Waals surface area (Å²) >= 11 is 3.32. The summed E-state index contributed by atoms with van der Waals surface area (Å²) in [7, 11) is 0. The molecule has 11 heteroatoms. The summed E-state index contributed by atoms with van der Waals surface area (Å²) in [6, 6.07) is 10.8. The Labute approximate surface area is 165 Å². The molecule has 0 aliphatic heterocycles. The third-order valence-electron chi connectivity index (χ3n) is 3.79. The number of aromatic amines is 1. The van der Waals surface area contributed by atoms with Crippen molar-refractivity contribution in [1.29, 1.82) is 0 Å². The predicted octanol–water partition coefficient (Wildman–Crippen LogP) is 3.30. The molecule has 0 fully saturated rings. The first kappa shape index (κ1) is 19.8. The van der Waals surface area contributed by atoms with Crippen molar-refractivity contribution < 1.29 is 18.0 Å². The van der Waals surface area contributed by atoms with E-state index in [-0.39, 0.29) is 12.4 Å². The lowest BCUT2D eigenvalue weighted by Gasteiger charge is -2.17. The zero-order valence-electron chi connectivity index (χ0n) is 14.2. The van der Waals surface area contributed by atoms with Crippen molar-refractivity contribution in [3.63, 3.8) is 0 Å². The fourth-order valence-electron chi connectivity index (χ4n) is 2.42. The molecule has 1 amide bonds. The van der Waals surface area contributed by atoms with Crippen LogP contribution in [0.2, 0.25) is 0 Å². The molecule has 1 heterocycles. The molecule has 0 bridgehead atoms. The van der Waals surface area contributed by atoms with Crippen LogP contribution in [0.25, 0.3) is 0 Å². The summed E-state index contributed by atoms with van der Waals surface area (Å²) in [6.45, 7) is -0.0450. The number of anilines is 1. The topological polar surface area (TPSA) is 95.6 Å². The van der Waals surface area contributed by atoms with Gasteiger partial charge in [0.25, 0.3) is 0 Å². The molecule has 2 aromatic carbocycles. The largest absolute Gasteiger partial charge is 0.416 e. The smallest absolute Gasteiger partial charge is 0.376 e. The number of H-pyrrole nitrogens is 1. The van der Waals surface area contributed by atoms with Gasteiger partial charge in [-0.2, -0.15) is 18.4 Å². The van der Waals surface area contributed by atoms with Gasteiger partial charge in [-0.1, -0.05) is 33.3 Å². The van der Waals surface area contributed by atoms with Gasteiger partial charge in [0.05, 0.1) is 12.1 Å². The van der Waals surface area contributed by atoms with Crippen LogP contribution in [0.5, 0.6) is 0 Å². The van der Waals surface area contributed by atoms with Crippen LogP contribution in [0.15, 0.2) is 53.0 Å². The molecule has 7 nitrogen and oxygen atoms in total. The van der Waals surface area contributed by atoms with Gasteiger partial charge in [0.15, 0.2) is 0 Å². The number of hydrogen-bond donors (Lipinski definition) is 3. The number of carbonyl (C=O) groups excluding carboxylic acids is 1. The molecule has 1 aromatic heterocycles. The minimum absolute atomic E-state index is 0.0450. The van der Waals surface area contributed by atoms with Crippen LogP contribution in [-0.4, -0.2) is 33.1 Å². The second-order valence-electron chi connectivity index (χ2n) is 5.75. The molecule has 1 unspecified atom stereocenters. The zero-order valence-corrected chi connectivity index (χ0v) is 15.8. The number of alkyl halides is 3. The molecule has 28 heavy (non-hydrogen) atoms. The molecular formula is C17H14BrF3N6O. The highest BCUT2D eigenvalue weighted by Gasteiger charge is 2.30. The molecular weight excluding hydrogens is 441 g/mol. The predicted molar refractivity (Wildman–Crippen MR) is 98.2 cm³/mol. The Morgan fingerprint density at radius 3 is 2.36 bits per heavy atom. The van der Waals surface area contributed by atoms with Crippen molar-refractivity contribution in [2.75, 3.05) is 11.9 Å². The van der Waals surface area contributed by atoms with E-state index >= 15 is 0 Å². The molecule has 0 saturated carbocycles. The minimum Gasteiger partial charge on any atom is -0.376 e. The second-order valence-corrected chi connectivity index (χ2v) is 6.67. The van der Waals surface area contributed by atoms with E-state index in [0.29, 0.717) is 5.56 Å². The van der Waals surface area contributed by atoms with Crippen LogP contribution in [0.4, 0.5) is 18.9 Å². The first-order chi connectivity index (χ1) is 13.3. The van der Waals surface area contributed by atoms with Crippen molar-refractivity contribution in [2.45, 2.75) is 12.2 Å². The van der Waals surface area contributed by atoms with E-state index in [2.05, 4.69) is 47.2 Å². The first-order valence-corrected chi connectivity index (χ1v) is 8.81. The van der Waals surface area contributed by atoms with Gasteiger partial charge < -0.3 is 10.6 Å². The summed E-state index contributed by atoms with van der Waals surface area (Å²) in [5.74, 6) is -0.255. The number of rotatable bonds is 6. The van der Waals surface area contributed by atoms with Crippen molar-refractivity contribution in [2.24, 2.45) is 0 Å². The Hall–Kier alpha value is -2.95. The number of hydrogen-bond acceptors (Lipinski definition) is 5. The van der Waals surface area contributed by atoms with Crippen LogP contribution >= 0.6 is 15.9 Å². The monoisotopic (exact) mass is 454 g/mol. The summed E-state index contributed by atoms with van der Waals surface area (Å²) in [4.78, 5) is 12.3. The normalized spacial score (nSPS) is 12.4. The summed E-state index contributed by atoms with van der Waals surface area (Å²) < 4.78 is 39.2. The number of nitrogens with zero attached hydrogens (tertiary/aromatic N) is 3. The Morgan fingerprint density at radius 1 is 1.11 bits per heavy atom. The van der Waals surface area contributed by atoms with E-state index in [0.717, 1.165) is 22.3 Å². The molecule has 0 aliphatic carbocycles. The van der Waals surface area contributed by atoms with E-state index in [9.17, 15) is 18.0 Å². The van der Waals surface area contributed by atoms with Crippen molar-refractivity contribution in [3.05, 3.63) is 70.0 Å². The lowest BCUT2D eigenvalue weighted by Crippen LogP contribution is -2.34. The average molecular weight is 455 g/mol. The number of carbonyl (C=O) groups is 1. The van der Waals surface area contributed by atoms with Crippen LogP contribution in [0.3, 0.4) is 0 Å². The maximum absolute atomic E-state index is 12.8. The number of amides is 1. The van der Waals surface area contributed by atoms with Gasteiger partial charge in [-0.25, -0.2) is 0 Å². The Bertz CT molecular complexity index is 914. The average Bonchev–Trinajstić information content (AvgIpc) is 3.19. The summed E-state index contributed by atoms with van der Waals surface area (Å²) in [5.41, 5.74) is 0.349. The summed E-state index contributed by atoms with van der Waals surface area (Å²) in [6.07, 6.45) is -4.45. The van der Waals surface area contributed by atoms with E-state index in [1.807, 2.05) is 12.1 Å². The number of halogens is 4. The van der Waals surface area contributed by atoms with Gasteiger partial charge in [0, 0.05) is 10.2 Å². The molecule has 3 aromatic rings. The van der Waals surface area contributed by atoms with E-state index in [1.165, 1.54) is 12.1 Å². The van der Waals surface area contributed by atoms with Gasteiger partial charge in [0.1, 0.15) is 6.04 Å². The lowest BCUT2D eigenvalue weighted by molar-refractivity contribution is -0.137. The van der Waals surface area contributed by atoms with Gasteiger partial charge in [0.2, 0.25) is 11.7 Å². The van der Waals surface area contributed by atoms with Gasteiger partial charge in [-0.15, -0.1) is 10.2 Å². The van der Waals surface area contributed by atoms with E-state index in [4.69, 9.17) is 0 Å². The standard InChI is InChI=1S/C17H14BrF3N6O/c18-12-5-7-13(8-6-12)22-9-14(28)23-15(16-24-26-27-25-16)10-1-3-11(4-2-10)17(19,20)21/h1-8,15,22H,9H2,(H,23,28)(H,24,25,26,27). The lowest BCUT2D eigenvalue weighted by atomic mass is 10.0. The van der Waals surface area contributed by atoms with Gasteiger partial charge >= 0.3 is 6.18 Å². The van der Waals surface area contributed by atoms with Crippen LogP contribution in [-0.2, 0) is 11.0 Å². The molecule has 3 N–H and O–H groups in total. The van der Waals surface area contributed by atoms with Gasteiger partial charge in [-0.05, 0) is 42.0 Å². The van der Waals surface area contributed by atoms with Crippen LogP contribution < -0.4 is 10.6 Å². The number of benzene rings is 2. The first-order valence-electron chi connectivity index (χ1n) is 8.02. The van der Waals surface area contributed by atoms with E-state index < -0.39 is 23.7 Å². The Balaban J connectivity index is 1.72. The Kier molecular flexibility index (Phi) is 5.93. The second kappa shape index (κ2) is 8.38. The maximum atomic E-state index is 12.8. The molecule has 0 spiro atoms. The molecule has 146 valence electrons. The van der Waals surface area contributed by atoms with E-state index in [1.54, 1.807) is 12.1 Å². The zero-order chi connectivity index (χ0) is 20.1. The number of nitrogens with one attached hydrogen (secondary N) is 3. The fraction of sp³-hybridized carbons (Fsp3) is 0.176. The molecule has 0 radical (unpaired) electrons.